The Balaban J connectivity index is 1.11. The van der Waals surface area contributed by atoms with Crippen LogP contribution in [0, 0.1) is 0 Å². The zero-order valence-corrected chi connectivity index (χ0v) is 18.6. The fourth-order valence-electron chi connectivity index (χ4n) is 4.02. The molecule has 1 saturated heterocycles. The molecule has 6 nitrogen and oxygen atoms in total. The maximum atomic E-state index is 5.86. The van der Waals surface area contributed by atoms with Crippen LogP contribution < -0.4 is 4.74 Å². The number of rotatable bonds is 8. The SMILES string of the molecule is c1ccc(COc2ccc(-c3noc(CN4CCN(Cc5ccccc5)CC4)n3)cc2)cc1. The van der Waals surface area contributed by atoms with Crippen molar-refractivity contribution < 1.29 is 9.26 Å². The van der Waals surface area contributed by atoms with Crippen LogP contribution in [0.25, 0.3) is 11.4 Å². The summed E-state index contributed by atoms with van der Waals surface area (Å²) in [6, 6.07) is 28.6. The van der Waals surface area contributed by atoms with Gasteiger partial charge in [-0.2, -0.15) is 4.98 Å². The minimum atomic E-state index is 0.547. The highest BCUT2D eigenvalue weighted by Crippen LogP contribution is 2.21. The quantitative estimate of drug-likeness (QED) is 0.398. The molecule has 4 aromatic rings. The summed E-state index contributed by atoms with van der Waals surface area (Å²) in [7, 11) is 0. The lowest BCUT2D eigenvalue weighted by atomic mass is 10.2. The van der Waals surface area contributed by atoms with Crippen molar-refractivity contribution in [3.8, 4) is 17.1 Å². The van der Waals surface area contributed by atoms with Crippen LogP contribution in [0.15, 0.2) is 89.5 Å². The van der Waals surface area contributed by atoms with Crippen molar-refractivity contribution >= 4 is 0 Å². The van der Waals surface area contributed by atoms with Crippen molar-refractivity contribution in [2.24, 2.45) is 0 Å². The molecule has 0 bridgehead atoms. The van der Waals surface area contributed by atoms with Crippen LogP contribution >= 0.6 is 0 Å². The van der Waals surface area contributed by atoms with E-state index >= 15 is 0 Å². The molecule has 1 aliphatic rings. The molecule has 0 radical (unpaired) electrons. The van der Waals surface area contributed by atoms with Crippen LogP contribution in [0.3, 0.4) is 0 Å². The van der Waals surface area contributed by atoms with Crippen LogP contribution in [-0.2, 0) is 19.7 Å². The van der Waals surface area contributed by atoms with Crippen LogP contribution in [0.1, 0.15) is 17.0 Å². The molecule has 0 spiro atoms. The molecule has 33 heavy (non-hydrogen) atoms. The van der Waals surface area contributed by atoms with Gasteiger partial charge in [0.25, 0.3) is 0 Å². The van der Waals surface area contributed by atoms with Crippen molar-refractivity contribution in [2.75, 3.05) is 26.2 Å². The average molecular weight is 441 g/mol. The van der Waals surface area contributed by atoms with E-state index in [1.54, 1.807) is 0 Å². The molecular weight excluding hydrogens is 412 g/mol. The Morgan fingerprint density at radius 1 is 0.697 bits per heavy atom. The Bertz CT molecular complexity index is 1120. The minimum Gasteiger partial charge on any atom is -0.489 e. The molecule has 5 rings (SSSR count). The minimum absolute atomic E-state index is 0.547. The van der Waals surface area contributed by atoms with Gasteiger partial charge in [0.2, 0.25) is 11.7 Å². The molecule has 0 unspecified atom stereocenters. The van der Waals surface area contributed by atoms with E-state index in [2.05, 4.69) is 62.4 Å². The summed E-state index contributed by atoms with van der Waals surface area (Å²) in [5.74, 6) is 2.09. The van der Waals surface area contributed by atoms with E-state index in [9.17, 15) is 0 Å². The highest BCUT2D eigenvalue weighted by atomic mass is 16.5. The van der Waals surface area contributed by atoms with Gasteiger partial charge in [0.15, 0.2) is 0 Å². The van der Waals surface area contributed by atoms with Gasteiger partial charge in [-0.3, -0.25) is 9.80 Å². The van der Waals surface area contributed by atoms with Crippen LogP contribution in [0.5, 0.6) is 5.75 Å². The molecule has 0 N–H and O–H groups in total. The third-order valence-corrected chi connectivity index (χ3v) is 5.90. The molecule has 168 valence electrons. The van der Waals surface area contributed by atoms with Crippen molar-refractivity contribution in [1.82, 2.24) is 19.9 Å². The van der Waals surface area contributed by atoms with E-state index in [1.165, 1.54) is 5.56 Å². The maximum Gasteiger partial charge on any atom is 0.241 e. The molecular formula is C27H28N4O2. The number of ether oxygens (including phenoxy) is 1. The summed E-state index contributed by atoms with van der Waals surface area (Å²) in [6.45, 7) is 6.32. The first-order valence-corrected chi connectivity index (χ1v) is 11.4. The first-order chi connectivity index (χ1) is 16.3. The lowest BCUT2D eigenvalue weighted by molar-refractivity contribution is 0.112. The average Bonchev–Trinajstić information content (AvgIpc) is 3.34. The number of hydrogen-bond acceptors (Lipinski definition) is 6. The molecule has 1 fully saturated rings. The number of hydrogen-bond donors (Lipinski definition) is 0. The first-order valence-electron chi connectivity index (χ1n) is 11.4. The maximum absolute atomic E-state index is 5.86. The summed E-state index contributed by atoms with van der Waals surface area (Å²) >= 11 is 0. The Hall–Kier alpha value is -3.48. The second-order valence-corrected chi connectivity index (χ2v) is 8.35. The van der Waals surface area contributed by atoms with Gasteiger partial charge in [0.05, 0.1) is 6.54 Å². The predicted molar refractivity (Wildman–Crippen MR) is 128 cm³/mol. The number of nitrogens with zero attached hydrogens (tertiary/aromatic N) is 4. The lowest BCUT2D eigenvalue weighted by Crippen LogP contribution is -2.45. The standard InChI is InChI=1S/C27H28N4O2/c1-3-7-22(8-4-1)19-30-15-17-31(18-16-30)20-26-28-27(29-33-26)24-11-13-25(14-12-24)32-21-23-9-5-2-6-10-23/h1-14H,15-21H2. The van der Waals surface area contributed by atoms with Crippen molar-refractivity contribution in [3.05, 3.63) is 102 Å². The number of aromatic nitrogens is 2. The zero-order chi connectivity index (χ0) is 22.3. The van der Waals surface area contributed by atoms with E-state index in [1.807, 2.05) is 42.5 Å². The van der Waals surface area contributed by atoms with Crippen LogP contribution in [-0.4, -0.2) is 46.1 Å². The van der Waals surface area contributed by atoms with Gasteiger partial charge in [-0.1, -0.05) is 65.8 Å². The molecule has 1 aromatic heterocycles. The summed E-state index contributed by atoms with van der Waals surface area (Å²) in [4.78, 5) is 9.48. The predicted octanol–water partition coefficient (Wildman–Crippen LogP) is 4.63. The van der Waals surface area contributed by atoms with Gasteiger partial charge < -0.3 is 9.26 Å². The van der Waals surface area contributed by atoms with Gasteiger partial charge in [-0.15, -0.1) is 0 Å². The molecule has 0 saturated carbocycles. The third-order valence-electron chi connectivity index (χ3n) is 5.90. The summed E-state index contributed by atoms with van der Waals surface area (Å²) in [5, 5.41) is 4.18. The van der Waals surface area contributed by atoms with E-state index in [0.717, 1.165) is 49.6 Å². The second-order valence-electron chi connectivity index (χ2n) is 8.35. The molecule has 6 heteroatoms. The highest BCUT2D eigenvalue weighted by Gasteiger charge is 2.19. The van der Waals surface area contributed by atoms with E-state index in [-0.39, 0.29) is 0 Å². The molecule has 3 aromatic carbocycles. The zero-order valence-electron chi connectivity index (χ0n) is 18.6. The summed E-state index contributed by atoms with van der Waals surface area (Å²) in [6.07, 6.45) is 0. The fourth-order valence-corrected chi connectivity index (χ4v) is 4.02. The smallest absolute Gasteiger partial charge is 0.241 e. The molecule has 0 aliphatic carbocycles. The van der Waals surface area contributed by atoms with Gasteiger partial charge in [-0.25, -0.2) is 0 Å². The topological polar surface area (TPSA) is 54.6 Å². The fraction of sp³-hybridized carbons (Fsp3) is 0.259. The Morgan fingerprint density at radius 3 is 1.97 bits per heavy atom. The van der Waals surface area contributed by atoms with E-state index in [4.69, 9.17) is 9.26 Å². The first kappa shape index (κ1) is 21.4. The molecule has 0 atom stereocenters. The third kappa shape index (κ3) is 5.86. The summed E-state index contributed by atoms with van der Waals surface area (Å²) < 4.78 is 11.4. The monoisotopic (exact) mass is 440 g/mol. The Labute approximate surface area is 194 Å². The van der Waals surface area contributed by atoms with Gasteiger partial charge in [0.1, 0.15) is 12.4 Å². The Morgan fingerprint density at radius 2 is 1.30 bits per heavy atom. The highest BCUT2D eigenvalue weighted by molar-refractivity contribution is 5.55. The van der Waals surface area contributed by atoms with Gasteiger partial charge in [-0.05, 0) is 35.4 Å². The summed E-state index contributed by atoms with van der Waals surface area (Å²) in [5.41, 5.74) is 3.43. The largest absolute Gasteiger partial charge is 0.489 e. The molecule has 2 heterocycles. The molecule has 0 amide bonds. The van der Waals surface area contributed by atoms with Crippen LogP contribution in [0.2, 0.25) is 0 Å². The van der Waals surface area contributed by atoms with Crippen molar-refractivity contribution in [1.29, 1.82) is 0 Å². The normalized spacial score (nSPS) is 14.9. The van der Waals surface area contributed by atoms with Crippen molar-refractivity contribution in [2.45, 2.75) is 19.7 Å². The Kier molecular flexibility index (Phi) is 6.75. The van der Waals surface area contributed by atoms with Gasteiger partial charge >= 0.3 is 0 Å². The molecule has 1 aliphatic heterocycles. The van der Waals surface area contributed by atoms with E-state index < -0.39 is 0 Å². The van der Waals surface area contributed by atoms with Crippen molar-refractivity contribution in [3.63, 3.8) is 0 Å². The van der Waals surface area contributed by atoms with Crippen LogP contribution in [0.4, 0.5) is 0 Å². The van der Waals surface area contributed by atoms with E-state index in [0.29, 0.717) is 24.9 Å². The second kappa shape index (κ2) is 10.4. The number of benzene rings is 3. The van der Waals surface area contributed by atoms with Gasteiger partial charge in [0, 0.05) is 38.3 Å². The lowest BCUT2D eigenvalue weighted by Gasteiger charge is -2.33. The number of piperazine rings is 1.